The van der Waals surface area contributed by atoms with E-state index in [9.17, 15) is 19.8 Å². The lowest BCUT2D eigenvalue weighted by atomic mass is 9.94. The molecule has 0 radical (unpaired) electrons. The Morgan fingerprint density at radius 3 is 2.72 bits per heavy atom. The van der Waals surface area contributed by atoms with Crippen LogP contribution in [0.1, 0.15) is 35.5 Å². The lowest BCUT2D eigenvalue weighted by Crippen LogP contribution is -2.32. The van der Waals surface area contributed by atoms with Gasteiger partial charge in [-0.2, -0.15) is 0 Å². The summed E-state index contributed by atoms with van der Waals surface area (Å²) in [5.41, 5.74) is 0.450. The van der Waals surface area contributed by atoms with Crippen LogP contribution in [0.15, 0.2) is 52.3 Å². The van der Waals surface area contributed by atoms with Crippen LogP contribution >= 0.6 is 0 Å². The Kier molecular flexibility index (Phi) is 6.23. The van der Waals surface area contributed by atoms with Gasteiger partial charge in [0.15, 0.2) is 23.0 Å². The van der Waals surface area contributed by atoms with Gasteiger partial charge in [0.2, 0.25) is 5.78 Å². The van der Waals surface area contributed by atoms with Crippen molar-refractivity contribution in [1.29, 1.82) is 0 Å². The molecule has 0 fully saturated rings. The molecular formula is C21H23NO7. The first kappa shape index (κ1) is 20.5. The van der Waals surface area contributed by atoms with Crippen molar-refractivity contribution in [2.24, 2.45) is 0 Å². The van der Waals surface area contributed by atoms with E-state index >= 15 is 0 Å². The number of aromatic hydroxyl groups is 1. The topological polar surface area (TPSA) is 109 Å². The number of carbonyl (C=O) groups is 2. The molecule has 29 heavy (non-hydrogen) atoms. The van der Waals surface area contributed by atoms with E-state index in [1.54, 1.807) is 32.2 Å². The summed E-state index contributed by atoms with van der Waals surface area (Å²) in [4.78, 5) is 27.2. The number of ketones is 1. The Labute approximate surface area is 168 Å². The highest BCUT2D eigenvalue weighted by atomic mass is 16.5. The average Bonchev–Trinajstić information content (AvgIpc) is 3.33. The van der Waals surface area contributed by atoms with Gasteiger partial charge in [-0.15, -0.1) is 0 Å². The highest BCUT2D eigenvalue weighted by molar-refractivity contribution is 6.15. The van der Waals surface area contributed by atoms with Gasteiger partial charge < -0.3 is 29.0 Å². The summed E-state index contributed by atoms with van der Waals surface area (Å²) < 4.78 is 15.7. The van der Waals surface area contributed by atoms with E-state index in [1.807, 2.05) is 0 Å². The molecule has 154 valence electrons. The minimum atomic E-state index is -0.850. The summed E-state index contributed by atoms with van der Waals surface area (Å²) in [6, 6.07) is 6.77. The normalized spacial score (nSPS) is 16.6. The molecule has 3 rings (SSSR count). The van der Waals surface area contributed by atoms with Crippen LogP contribution in [0.4, 0.5) is 0 Å². The number of hydrogen-bond acceptors (Lipinski definition) is 7. The van der Waals surface area contributed by atoms with Gasteiger partial charge in [0, 0.05) is 20.3 Å². The first-order valence-electron chi connectivity index (χ1n) is 9.26. The lowest BCUT2D eigenvalue weighted by molar-refractivity contribution is -0.129. The number of ether oxygens (including phenoxy) is 2. The molecule has 8 nitrogen and oxygen atoms in total. The van der Waals surface area contributed by atoms with E-state index in [1.165, 1.54) is 23.3 Å². The van der Waals surface area contributed by atoms with Crippen LogP contribution in [0.25, 0.3) is 0 Å². The fraction of sp³-hybridized carbons (Fsp3) is 0.333. The molecule has 2 N–H and O–H groups in total. The number of hydrogen-bond donors (Lipinski definition) is 2. The first-order chi connectivity index (χ1) is 14.0. The van der Waals surface area contributed by atoms with Crippen LogP contribution in [0.2, 0.25) is 0 Å². The molecule has 0 saturated carbocycles. The highest BCUT2D eigenvalue weighted by Crippen LogP contribution is 2.41. The third-order valence-corrected chi connectivity index (χ3v) is 4.64. The SMILES string of the molecule is CCOc1cc(C2C(C(=O)c3ccco3)=C(O)C(=O)N2CCCOC)ccc1O. The van der Waals surface area contributed by atoms with Crippen molar-refractivity contribution < 1.29 is 33.7 Å². The van der Waals surface area contributed by atoms with Crippen LogP contribution in [-0.2, 0) is 9.53 Å². The molecule has 0 aliphatic carbocycles. The third-order valence-electron chi connectivity index (χ3n) is 4.64. The largest absolute Gasteiger partial charge is 0.504 e. The summed E-state index contributed by atoms with van der Waals surface area (Å²) in [6.07, 6.45) is 1.87. The van der Waals surface area contributed by atoms with Crippen molar-refractivity contribution in [2.75, 3.05) is 26.9 Å². The van der Waals surface area contributed by atoms with E-state index in [0.717, 1.165) is 0 Å². The molecule has 0 bridgehead atoms. The minimum Gasteiger partial charge on any atom is -0.504 e. The number of carbonyl (C=O) groups excluding carboxylic acids is 2. The van der Waals surface area contributed by atoms with Gasteiger partial charge in [-0.05, 0) is 43.2 Å². The molecule has 1 unspecified atom stereocenters. The number of methoxy groups -OCH3 is 1. The Balaban J connectivity index is 2.06. The average molecular weight is 401 g/mol. The number of benzene rings is 1. The van der Waals surface area contributed by atoms with E-state index in [4.69, 9.17) is 13.9 Å². The number of aliphatic hydroxyl groups is 1. The maximum absolute atomic E-state index is 13.0. The number of phenolic OH excluding ortho intramolecular Hbond substituents is 1. The van der Waals surface area contributed by atoms with Gasteiger partial charge in [0.1, 0.15) is 0 Å². The zero-order valence-corrected chi connectivity index (χ0v) is 16.3. The van der Waals surface area contributed by atoms with Gasteiger partial charge in [0.25, 0.3) is 5.91 Å². The van der Waals surface area contributed by atoms with Crippen molar-refractivity contribution in [3.63, 3.8) is 0 Å². The number of aliphatic hydroxyl groups excluding tert-OH is 1. The number of rotatable bonds is 9. The van der Waals surface area contributed by atoms with Crippen LogP contribution in [0.5, 0.6) is 11.5 Å². The molecule has 2 aromatic rings. The maximum atomic E-state index is 13.0. The predicted octanol–water partition coefficient (Wildman–Crippen LogP) is 3.00. The molecule has 1 atom stereocenters. The quantitative estimate of drug-likeness (QED) is 0.491. The second-order valence-corrected chi connectivity index (χ2v) is 6.48. The molecule has 1 aliphatic heterocycles. The van der Waals surface area contributed by atoms with Crippen molar-refractivity contribution in [3.8, 4) is 11.5 Å². The lowest BCUT2D eigenvalue weighted by Gasteiger charge is -2.27. The molecule has 1 amide bonds. The van der Waals surface area contributed by atoms with Crippen molar-refractivity contribution in [1.82, 2.24) is 4.90 Å². The van der Waals surface area contributed by atoms with E-state index in [-0.39, 0.29) is 29.4 Å². The first-order valence-corrected chi connectivity index (χ1v) is 9.26. The van der Waals surface area contributed by atoms with Gasteiger partial charge in [0.05, 0.1) is 24.5 Å². The van der Waals surface area contributed by atoms with Gasteiger partial charge in [-0.1, -0.05) is 6.07 Å². The summed E-state index contributed by atoms with van der Waals surface area (Å²) in [6.45, 7) is 2.79. The van der Waals surface area contributed by atoms with Gasteiger partial charge in [-0.25, -0.2) is 0 Å². The Bertz CT molecular complexity index is 917. The fourth-order valence-corrected chi connectivity index (χ4v) is 3.35. The molecule has 1 aromatic carbocycles. The van der Waals surface area contributed by atoms with Gasteiger partial charge in [-0.3, -0.25) is 9.59 Å². The number of phenols is 1. The molecule has 0 spiro atoms. The van der Waals surface area contributed by atoms with E-state index in [2.05, 4.69) is 0 Å². The molecule has 8 heteroatoms. The summed E-state index contributed by atoms with van der Waals surface area (Å²) >= 11 is 0. The van der Waals surface area contributed by atoms with Crippen molar-refractivity contribution >= 4 is 11.7 Å². The molecule has 1 aromatic heterocycles. The van der Waals surface area contributed by atoms with E-state index < -0.39 is 23.5 Å². The minimum absolute atomic E-state index is 0.0203. The standard InChI is InChI=1S/C21H23NO7/c1-3-28-16-12-13(7-8-14(16)23)18-17(19(24)15-6-4-11-29-15)20(25)21(26)22(18)9-5-10-27-2/h4,6-8,11-12,18,23,25H,3,5,9-10H2,1-2H3. The zero-order chi connectivity index (χ0) is 21.0. The smallest absolute Gasteiger partial charge is 0.290 e. The second kappa shape index (κ2) is 8.83. The van der Waals surface area contributed by atoms with Crippen LogP contribution in [0, 0.1) is 0 Å². The third kappa shape index (κ3) is 3.97. The summed E-state index contributed by atoms with van der Waals surface area (Å²) in [5.74, 6) is -1.65. The monoisotopic (exact) mass is 401 g/mol. The van der Waals surface area contributed by atoms with Crippen LogP contribution in [-0.4, -0.2) is 53.7 Å². The maximum Gasteiger partial charge on any atom is 0.290 e. The van der Waals surface area contributed by atoms with Crippen LogP contribution in [0.3, 0.4) is 0 Å². The molecule has 1 aliphatic rings. The predicted molar refractivity (Wildman–Crippen MR) is 103 cm³/mol. The fourth-order valence-electron chi connectivity index (χ4n) is 3.35. The number of amides is 1. The van der Waals surface area contributed by atoms with Crippen molar-refractivity contribution in [3.05, 3.63) is 59.3 Å². The Hall–Kier alpha value is -3.26. The Morgan fingerprint density at radius 2 is 2.07 bits per heavy atom. The molecule has 2 heterocycles. The zero-order valence-electron chi connectivity index (χ0n) is 16.3. The van der Waals surface area contributed by atoms with Gasteiger partial charge >= 0.3 is 0 Å². The highest BCUT2D eigenvalue weighted by Gasteiger charge is 2.44. The summed E-state index contributed by atoms with van der Waals surface area (Å²) in [7, 11) is 1.55. The summed E-state index contributed by atoms with van der Waals surface area (Å²) in [5, 5.41) is 20.5. The van der Waals surface area contributed by atoms with E-state index in [0.29, 0.717) is 25.2 Å². The Morgan fingerprint density at radius 1 is 1.28 bits per heavy atom. The second-order valence-electron chi connectivity index (χ2n) is 6.48. The number of Topliss-reactive ketones (excluding diaryl/α,β-unsaturated/α-hetero) is 1. The molecular weight excluding hydrogens is 378 g/mol. The number of nitrogens with zero attached hydrogens (tertiary/aromatic N) is 1. The number of furan rings is 1. The van der Waals surface area contributed by atoms with Crippen LogP contribution < -0.4 is 4.74 Å². The molecule has 0 saturated heterocycles. The van der Waals surface area contributed by atoms with Crippen molar-refractivity contribution in [2.45, 2.75) is 19.4 Å².